The maximum absolute atomic E-state index is 13.1. The van der Waals surface area contributed by atoms with Gasteiger partial charge in [-0.15, -0.1) is 6.58 Å². The Morgan fingerprint density at radius 3 is 2.46 bits per heavy atom. The predicted octanol–water partition coefficient (Wildman–Crippen LogP) is 7.81. The van der Waals surface area contributed by atoms with E-state index >= 15 is 0 Å². The van der Waals surface area contributed by atoms with Gasteiger partial charge in [0.25, 0.3) is 11.1 Å². The van der Waals surface area contributed by atoms with Crippen molar-refractivity contribution in [2.75, 3.05) is 19.8 Å². The Kier molecular flexibility index (Phi) is 9.98. The summed E-state index contributed by atoms with van der Waals surface area (Å²) < 4.78 is 17.7. The first-order chi connectivity index (χ1) is 18.9. The van der Waals surface area contributed by atoms with E-state index in [-0.39, 0.29) is 24.3 Å². The van der Waals surface area contributed by atoms with Crippen LogP contribution in [0.3, 0.4) is 0 Å². The van der Waals surface area contributed by atoms with Crippen LogP contribution < -0.4 is 14.2 Å². The zero-order chi connectivity index (χ0) is 27.8. The Labute approximate surface area is 242 Å². The Morgan fingerprint density at radius 1 is 0.974 bits per heavy atom. The number of carbonyl (C=O) groups excluding carboxylic acids is 2. The second-order valence-corrected chi connectivity index (χ2v) is 10.3. The van der Waals surface area contributed by atoms with Gasteiger partial charge in [0.05, 0.1) is 23.1 Å². The summed E-state index contributed by atoms with van der Waals surface area (Å²) >= 11 is 13.0. The van der Waals surface area contributed by atoms with Crippen molar-refractivity contribution in [2.45, 2.75) is 20.0 Å². The van der Waals surface area contributed by atoms with Gasteiger partial charge < -0.3 is 14.2 Å². The third kappa shape index (κ3) is 7.38. The molecule has 202 valence electrons. The van der Waals surface area contributed by atoms with Gasteiger partial charge in [-0.05, 0) is 78.7 Å². The molecule has 1 fully saturated rings. The van der Waals surface area contributed by atoms with Crippen LogP contribution in [0.1, 0.15) is 23.6 Å². The number of amides is 2. The average Bonchev–Trinajstić information content (AvgIpc) is 3.18. The minimum Gasteiger partial charge on any atom is -0.490 e. The third-order valence-electron chi connectivity index (χ3n) is 5.70. The lowest BCUT2D eigenvalue weighted by molar-refractivity contribution is -0.123. The van der Waals surface area contributed by atoms with Gasteiger partial charge in [-0.2, -0.15) is 0 Å². The first-order valence-corrected chi connectivity index (χ1v) is 13.9. The summed E-state index contributed by atoms with van der Waals surface area (Å²) in [6, 6.07) is 18.2. The topological polar surface area (TPSA) is 65.1 Å². The highest BCUT2D eigenvalue weighted by atomic mass is 35.5. The van der Waals surface area contributed by atoms with Crippen LogP contribution >= 0.6 is 35.0 Å². The highest BCUT2D eigenvalue weighted by Gasteiger charge is 2.35. The number of imide groups is 1. The number of allylic oxidation sites excluding steroid dienone is 1. The van der Waals surface area contributed by atoms with Crippen molar-refractivity contribution in [3.63, 3.8) is 0 Å². The van der Waals surface area contributed by atoms with Crippen molar-refractivity contribution < 1.29 is 23.8 Å². The number of ether oxygens (including phenoxy) is 3. The van der Waals surface area contributed by atoms with Crippen molar-refractivity contribution >= 4 is 52.2 Å². The molecule has 0 saturated carbocycles. The standard InChI is InChI=1S/C30H27Cl2NO5S/c1-3-7-22-16-21(17-26(36-4-2)28(22)38-19-20-10-12-23(31)13-11-20)18-27-29(34)33(30(35)39-27)14-15-37-25-9-6-5-8-24(25)32/h3,5-6,8-13,16-18H,1,4,7,14-15,19H2,2H3/b27-18-. The van der Waals surface area contributed by atoms with Crippen molar-refractivity contribution in [2.24, 2.45) is 0 Å². The molecule has 39 heavy (non-hydrogen) atoms. The molecular weight excluding hydrogens is 557 g/mol. The van der Waals surface area contributed by atoms with Crippen molar-refractivity contribution in [1.82, 2.24) is 4.90 Å². The first kappa shape index (κ1) is 28.6. The van der Waals surface area contributed by atoms with Crippen molar-refractivity contribution in [3.8, 4) is 17.2 Å². The zero-order valence-electron chi connectivity index (χ0n) is 21.3. The fraction of sp³-hybridized carbons (Fsp3) is 0.200. The number of hydrogen-bond acceptors (Lipinski definition) is 6. The highest BCUT2D eigenvalue weighted by Crippen LogP contribution is 2.38. The molecule has 0 atom stereocenters. The molecule has 0 aromatic heterocycles. The second-order valence-electron chi connectivity index (χ2n) is 8.46. The number of carbonyl (C=O) groups is 2. The first-order valence-electron chi connectivity index (χ1n) is 12.3. The van der Waals surface area contributed by atoms with Gasteiger partial charge in [0.2, 0.25) is 0 Å². The molecular formula is C30H27Cl2NO5S. The van der Waals surface area contributed by atoms with E-state index in [0.717, 1.165) is 22.9 Å². The number of rotatable bonds is 12. The predicted molar refractivity (Wildman–Crippen MR) is 157 cm³/mol. The second kappa shape index (κ2) is 13.6. The highest BCUT2D eigenvalue weighted by molar-refractivity contribution is 8.18. The molecule has 3 aromatic carbocycles. The van der Waals surface area contributed by atoms with Crippen LogP contribution in [0.4, 0.5) is 4.79 Å². The van der Waals surface area contributed by atoms with E-state index in [4.69, 9.17) is 37.4 Å². The molecule has 0 aliphatic carbocycles. The Bertz CT molecular complexity index is 1390. The lowest BCUT2D eigenvalue weighted by Gasteiger charge is -2.17. The lowest BCUT2D eigenvalue weighted by atomic mass is 10.0. The van der Waals surface area contributed by atoms with Crippen LogP contribution in [0.2, 0.25) is 10.0 Å². The third-order valence-corrected chi connectivity index (χ3v) is 7.17. The molecule has 2 amide bonds. The summed E-state index contributed by atoms with van der Waals surface area (Å²) in [5, 5.41) is 0.767. The lowest BCUT2D eigenvalue weighted by Crippen LogP contribution is -2.32. The Hall–Kier alpha value is -3.39. The minimum atomic E-state index is -0.376. The Balaban J connectivity index is 1.52. The SMILES string of the molecule is C=CCc1cc(/C=C2\SC(=O)N(CCOc3ccccc3Cl)C2=O)cc(OCC)c1OCc1ccc(Cl)cc1. The number of hydrogen-bond donors (Lipinski definition) is 0. The smallest absolute Gasteiger partial charge is 0.293 e. The zero-order valence-corrected chi connectivity index (χ0v) is 23.7. The van der Waals surface area contributed by atoms with E-state index in [2.05, 4.69) is 6.58 Å². The van der Waals surface area contributed by atoms with Crippen LogP contribution in [-0.2, 0) is 17.8 Å². The summed E-state index contributed by atoms with van der Waals surface area (Å²) in [4.78, 5) is 27.2. The molecule has 1 saturated heterocycles. The molecule has 0 radical (unpaired) electrons. The normalized spacial score (nSPS) is 14.1. The number of nitrogens with zero attached hydrogens (tertiary/aromatic N) is 1. The van der Waals surface area contributed by atoms with Gasteiger partial charge >= 0.3 is 0 Å². The Morgan fingerprint density at radius 2 is 1.74 bits per heavy atom. The summed E-state index contributed by atoms with van der Waals surface area (Å²) in [6.07, 6.45) is 3.99. The largest absolute Gasteiger partial charge is 0.490 e. The van der Waals surface area contributed by atoms with Gasteiger partial charge in [0.15, 0.2) is 11.5 Å². The van der Waals surface area contributed by atoms with Gasteiger partial charge in [0.1, 0.15) is 19.0 Å². The molecule has 0 unspecified atom stereocenters. The molecule has 6 nitrogen and oxygen atoms in total. The monoisotopic (exact) mass is 583 g/mol. The molecule has 0 spiro atoms. The van der Waals surface area contributed by atoms with E-state index in [1.54, 1.807) is 36.4 Å². The van der Waals surface area contributed by atoms with Crippen LogP contribution in [0.5, 0.6) is 17.2 Å². The molecule has 3 aromatic rings. The molecule has 0 bridgehead atoms. The van der Waals surface area contributed by atoms with E-state index < -0.39 is 0 Å². The van der Waals surface area contributed by atoms with Crippen molar-refractivity contribution in [3.05, 3.63) is 105 Å². The quantitative estimate of drug-likeness (QED) is 0.160. The maximum Gasteiger partial charge on any atom is 0.293 e. The molecule has 4 rings (SSSR count). The number of thioether (sulfide) groups is 1. The van der Waals surface area contributed by atoms with Gasteiger partial charge in [-0.1, -0.05) is 53.5 Å². The van der Waals surface area contributed by atoms with E-state index in [0.29, 0.717) is 57.4 Å². The van der Waals surface area contributed by atoms with E-state index in [1.165, 1.54) is 4.90 Å². The number of benzene rings is 3. The van der Waals surface area contributed by atoms with Crippen LogP contribution in [-0.4, -0.2) is 35.8 Å². The van der Waals surface area contributed by atoms with E-state index in [9.17, 15) is 9.59 Å². The summed E-state index contributed by atoms with van der Waals surface area (Å²) in [6.45, 7) is 6.75. The molecule has 1 aliphatic heterocycles. The molecule has 0 N–H and O–H groups in total. The van der Waals surface area contributed by atoms with E-state index in [1.807, 2.05) is 43.3 Å². The van der Waals surface area contributed by atoms with Gasteiger partial charge in [0, 0.05) is 10.6 Å². The van der Waals surface area contributed by atoms with Crippen LogP contribution in [0, 0.1) is 0 Å². The maximum atomic E-state index is 13.1. The molecule has 1 heterocycles. The molecule has 9 heteroatoms. The minimum absolute atomic E-state index is 0.108. The number of halogens is 2. The van der Waals surface area contributed by atoms with Gasteiger partial charge in [-0.3, -0.25) is 14.5 Å². The van der Waals surface area contributed by atoms with Crippen LogP contribution in [0.15, 0.2) is 78.2 Å². The average molecular weight is 585 g/mol. The fourth-order valence-electron chi connectivity index (χ4n) is 3.89. The number of para-hydroxylation sites is 1. The summed E-state index contributed by atoms with van der Waals surface area (Å²) in [5.41, 5.74) is 2.53. The van der Waals surface area contributed by atoms with Crippen molar-refractivity contribution in [1.29, 1.82) is 0 Å². The van der Waals surface area contributed by atoms with Gasteiger partial charge in [-0.25, -0.2) is 0 Å². The summed E-state index contributed by atoms with van der Waals surface area (Å²) in [5.74, 6) is 1.27. The fourth-order valence-corrected chi connectivity index (χ4v) is 5.07. The van der Waals surface area contributed by atoms with Crippen LogP contribution in [0.25, 0.3) is 6.08 Å². The summed E-state index contributed by atoms with van der Waals surface area (Å²) in [7, 11) is 0. The molecule has 1 aliphatic rings.